The third-order valence-corrected chi connectivity index (χ3v) is 7.19. The molecule has 2 heterocycles. The molecule has 0 unspecified atom stereocenters. The van der Waals surface area contributed by atoms with Crippen molar-refractivity contribution in [2.45, 2.75) is 33.1 Å². The maximum atomic E-state index is 13.1. The second kappa shape index (κ2) is 8.55. The first-order valence-electron chi connectivity index (χ1n) is 9.60. The van der Waals surface area contributed by atoms with E-state index in [2.05, 4.69) is 10.3 Å². The molecule has 1 saturated heterocycles. The highest BCUT2D eigenvalue weighted by molar-refractivity contribution is 7.86. The number of halogens is 1. The summed E-state index contributed by atoms with van der Waals surface area (Å²) in [5, 5.41) is 3.27. The average molecular weight is 407 g/mol. The van der Waals surface area contributed by atoms with Gasteiger partial charge in [0.2, 0.25) is 0 Å². The van der Waals surface area contributed by atoms with Gasteiger partial charge < -0.3 is 5.32 Å². The molecular formula is C20H27FN4O2S. The summed E-state index contributed by atoms with van der Waals surface area (Å²) < 4.78 is 41.7. The summed E-state index contributed by atoms with van der Waals surface area (Å²) in [6.07, 6.45) is 0.743. The third kappa shape index (κ3) is 4.51. The van der Waals surface area contributed by atoms with Crippen molar-refractivity contribution in [3.05, 3.63) is 53.6 Å². The topological polar surface area (TPSA) is 65.5 Å². The van der Waals surface area contributed by atoms with Crippen molar-refractivity contribution in [2.75, 3.05) is 31.5 Å². The lowest BCUT2D eigenvalue weighted by Gasteiger charge is -2.25. The first kappa shape index (κ1) is 20.7. The van der Waals surface area contributed by atoms with Crippen molar-refractivity contribution in [1.29, 1.82) is 0 Å². The summed E-state index contributed by atoms with van der Waals surface area (Å²) in [7, 11) is -3.43. The Balaban J connectivity index is 1.77. The van der Waals surface area contributed by atoms with Gasteiger partial charge in [0.1, 0.15) is 5.82 Å². The van der Waals surface area contributed by atoms with Gasteiger partial charge in [0.05, 0.1) is 0 Å². The van der Waals surface area contributed by atoms with Crippen LogP contribution in [0.25, 0.3) is 0 Å². The largest absolute Gasteiger partial charge is 0.355 e. The van der Waals surface area contributed by atoms with Crippen molar-refractivity contribution in [2.24, 2.45) is 0 Å². The van der Waals surface area contributed by atoms with Gasteiger partial charge in [-0.3, -0.25) is 4.98 Å². The number of rotatable bonds is 7. The van der Waals surface area contributed by atoms with Crippen molar-refractivity contribution in [3.63, 3.8) is 0 Å². The van der Waals surface area contributed by atoms with Crippen LogP contribution in [0.3, 0.4) is 0 Å². The number of nitrogens with one attached hydrogen (secondary N) is 1. The Hall–Kier alpha value is -2.03. The zero-order valence-electron chi connectivity index (χ0n) is 16.5. The van der Waals surface area contributed by atoms with Gasteiger partial charge in [-0.1, -0.05) is 13.8 Å². The number of benzene rings is 1. The van der Waals surface area contributed by atoms with Gasteiger partial charge in [0, 0.05) is 54.9 Å². The number of aryl methyl sites for hydroxylation is 1. The molecule has 3 rings (SSSR count). The molecule has 1 atom stereocenters. The zero-order chi connectivity index (χ0) is 20.3. The van der Waals surface area contributed by atoms with E-state index in [1.165, 1.54) is 16.4 Å². The Labute approximate surface area is 166 Å². The first-order chi connectivity index (χ1) is 13.3. The van der Waals surface area contributed by atoms with Gasteiger partial charge in [-0.15, -0.1) is 0 Å². The predicted molar refractivity (Wildman–Crippen MR) is 109 cm³/mol. The molecule has 0 spiro atoms. The van der Waals surface area contributed by atoms with Gasteiger partial charge in [-0.2, -0.15) is 17.0 Å². The van der Waals surface area contributed by atoms with E-state index in [0.717, 1.165) is 29.2 Å². The highest BCUT2D eigenvalue weighted by Crippen LogP contribution is 2.31. The predicted octanol–water partition coefficient (Wildman–Crippen LogP) is 3.65. The van der Waals surface area contributed by atoms with Crippen LogP contribution in [0.1, 0.15) is 37.6 Å². The van der Waals surface area contributed by atoms with Crippen molar-refractivity contribution in [1.82, 2.24) is 13.6 Å². The maximum absolute atomic E-state index is 13.1. The van der Waals surface area contributed by atoms with Gasteiger partial charge in [0.15, 0.2) is 0 Å². The van der Waals surface area contributed by atoms with Crippen LogP contribution >= 0.6 is 0 Å². The summed E-state index contributed by atoms with van der Waals surface area (Å²) in [5.41, 5.74) is 3.38. The van der Waals surface area contributed by atoms with E-state index in [1.807, 2.05) is 32.9 Å². The van der Waals surface area contributed by atoms with E-state index in [1.54, 1.807) is 16.4 Å². The quantitative estimate of drug-likeness (QED) is 0.762. The van der Waals surface area contributed by atoms with Gasteiger partial charge in [-0.25, -0.2) is 4.39 Å². The zero-order valence-corrected chi connectivity index (χ0v) is 17.3. The highest BCUT2D eigenvalue weighted by Gasteiger charge is 2.35. The Kier molecular flexibility index (Phi) is 6.32. The molecule has 0 saturated carbocycles. The van der Waals surface area contributed by atoms with Gasteiger partial charge >= 0.3 is 0 Å². The fourth-order valence-electron chi connectivity index (χ4n) is 3.57. The normalized spacial score (nSPS) is 18.0. The van der Waals surface area contributed by atoms with Crippen LogP contribution in [0.15, 0.2) is 36.4 Å². The maximum Gasteiger partial charge on any atom is 0.281 e. The monoisotopic (exact) mass is 406 g/mol. The third-order valence-electron chi connectivity index (χ3n) is 5.03. The summed E-state index contributed by atoms with van der Waals surface area (Å²) in [6.45, 7) is 7.49. The van der Waals surface area contributed by atoms with Crippen LogP contribution in [0, 0.1) is 12.7 Å². The molecule has 1 fully saturated rings. The van der Waals surface area contributed by atoms with Crippen LogP contribution in [-0.2, 0) is 10.2 Å². The first-order valence-corrected chi connectivity index (χ1v) is 11.0. The van der Waals surface area contributed by atoms with E-state index in [-0.39, 0.29) is 11.7 Å². The molecule has 6 nitrogen and oxygen atoms in total. The minimum Gasteiger partial charge on any atom is -0.355 e. The Morgan fingerprint density at radius 3 is 2.50 bits per heavy atom. The fourth-order valence-corrected chi connectivity index (χ4v) is 5.25. The fraction of sp³-hybridized carbons (Fsp3) is 0.450. The molecule has 1 aliphatic rings. The lowest BCUT2D eigenvalue weighted by atomic mass is 10.0. The number of hydrogen-bond acceptors (Lipinski definition) is 4. The van der Waals surface area contributed by atoms with Crippen molar-refractivity contribution in [3.8, 4) is 0 Å². The van der Waals surface area contributed by atoms with Crippen LogP contribution in [0.4, 0.5) is 15.8 Å². The van der Waals surface area contributed by atoms with E-state index < -0.39 is 10.2 Å². The summed E-state index contributed by atoms with van der Waals surface area (Å²) in [4.78, 5) is 4.64. The number of aromatic nitrogens is 1. The molecule has 2 aromatic rings. The molecule has 1 aromatic heterocycles. The van der Waals surface area contributed by atoms with Crippen LogP contribution in [0.2, 0.25) is 0 Å². The molecule has 1 aromatic carbocycles. The minimum atomic E-state index is -3.43. The van der Waals surface area contributed by atoms with Crippen LogP contribution < -0.4 is 5.32 Å². The molecule has 152 valence electrons. The van der Waals surface area contributed by atoms with E-state index in [9.17, 15) is 12.8 Å². The van der Waals surface area contributed by atoms with E-state index in [0.29, 0.717) is 26.2 Å². The second-order valence-electron chi connectivity index (χ2n) is 6.99. The lowest BCUT2D eigenvalue weighted by molar-refractivity contribution is 0.377. The summed E-state index contributed by atoms with van der Waals surface area (Å²) in [6, 6.07) is 10.0. The molecule has 0 aliphatic carbocycles. The van der Waals surface area contributed by atoms with Crippen LogP contribution in [-0.4, -0.2) is 48.2 Å². The SMILES string of the molecule is CCN(CC)S(=O)(=O)N1CC[C@@H](c2cc(Nc3ccc(F)cc3)cc(C)n2)C1. The van der Waals surface area contributed by atoms with Gasteiger partial charge in [-0.05, 0) is 49.7 Å². The van der Waals surface area contributed by atoms with E-state index in [4.69, 9.17) is 0 Å². The Bertz CT molecular complexity index is 914. The summed E-state index contributed by atoms with van der Waals surface area (Å²) in [5.74, 6) is -0.225. The molecule has 28 heavy (non-hydrogen) atoms. The van der Waals surface area contributed by atoms with Crippen molar-refractivity contribution < 1.29 is 12.8 Å². The number of nitrogens with zero attached hydrogens (tertiary/aromatic N) is 3. The molecule has 0 bridgehead atoms. The Morgan fingerprint density at radius 2 is 1.86 bits per heavy atom. The molecule has 0 radical (unpaired) electrons. The number of pyridine rings is 1. The second-order valence-corrected chi connectivity index (χ2v) is 8.92. The molecule has 8 heteroatoms. The number of hydrogen-bond donors (Lipinski definition) is 1. The number of anilines is 2. The minimum absolute atomic E-state index is 0.0546. The summed E-state index contributed by atoms with van der Waals surface area (Å²) >= 11 is 0. The smallest absolute Gasteiger partial charge is 0.281 e. The Morgan fingerprint density at radius 1 is 1.18 bits per heavy atom. The van der Waals surface area contributed by atoms with Gasteiger partial charge in [0.25, 0.3) is 10.2 Å². The lowest BCUT2D eigenvalue weighted by Crippen LogP contribution is -2.42. The average Bonchev–Trinajstić information content (AvgIpc) is 3.15. The van der Waals surface area contributed by atoms with Crippen molar-refractivity contribution >= 4 is 21.6 Å². The molecule has 1 N–H and O–H groups in total. The van der Waals surface area contributed by atoms with E-state index >= 15 is 0 Å². The molecule has 1 aliphatic heterocycles. The van der Waals surface area contributed by atoms with Crippen LogP contribution in [0.5, 0.6) is 0 Å². The standard InChI is InChI=1S/C20H27FN4O2S/c1-4-24(5-2)28(26,27)25-11-10-16(14-25)20-13-19(12-15(3)22-20)23-18-8-6-17(21)7-9-18/h6-9,12-13,16H,4-5,10-11,14H2,1-3H3,(H,22,23)/t16-/m1/s1. The highest BCUT2D eigenvalue weighted by atomic mass is 32.2. The molecular weight excluding hydrogens is 379 g/mol. The molecule has 0 amide bonds.